The summed E-state index contributed by atoms with van der Waals surface area (Å²) in [4.78, 5) is 23.4. The monoisotopic (exact) mass is 586 g/mol. The Balaban J connectivity index is 0.000000411. The number of aromatic amines is 1. The fourth-order valence-corrected chi connectivity index (χ4v) is 5.06. The molecule has 5 heterocycles. The van der Waals surface area contributed by atoms with Crippen LogP contribution >= 0.6 is 11.6 Å². The van der Waals surface area contributed by atoms with E-state index in [1.807, 2.05) is 12.1 Å². The molecule has 3 aliphatic rings. The number of benzene rings is 1. The van der Waals surface area contributed by atoms with Crippen molar-refractivity contribution in [2.24, 2.45) is 0 Å². The number of nitrogens with one attached hydrogen (secondary N) is 1. The van der Waals surface area contributed by atoms with Gasteiger partial charge in [-0.15, -0.1) is 0 Å². The third-order valence-electron chi connectivity index (χ3n) is 6.86. The predicted molar refractivity (Wildman–Crippen MR) is 135 cm³/mol. The maximum atomic E-state index is 10.6. The maximum Gasteiger partial charge on any atom is 0.490 e. The Hall–Kier alpha value is -3.17. The average Bonchev–Trinajstić information content (AvgIpc) is 3.60. The average molecular weight is 587 g/mol. The van der Waals surface area contributed by atoms with Gasteiger partial charge in [-0.1, -0.05) is 23.7 Å². The van der Waals surface area contributed by atoms with Crippen LogP contribution in [0.5, 0.6) is 6.01 Å². The third kappa shape index (κ3) is 6.10. The number of nitrogens with zero attached hydrogens (tertiary/aromatic N) is 3. The number of imidazole rings is 1. The number of H-pyrrole nitrogens is 1. The molecule has 0 amide bonds. The van der Waals surface area contributed by atoms with Crippen LogP contribution in [0, 0.1) is 0 Å². The largest absolute Gasteiger partial charge is 0.490 e. The van der Waals surface area contributed by atoms with Crippen molar-refractivity contribution in [1.82, 2.24) is 15.0 Å². The molecule has 4 N–H and O–H groups in total. The van der Waals surface area contributed by atoms with E-state index in [2.05, 4.69) is 32.0 Å². The van der Waals surface area contributed by atoms with E-state index in [0.29, 0.717) is 34.5 Å². The van der Waals surface area contributed by atoms with Crippen molar-refractivity contribution in [3.8, 4) is 17.3 Å². The number of carboxylic acids is 1. The second-order valence-electron chi connectivity index (χ2n) is 9.62. The van der Waals surface area contributed by atoms with Crippen LogP contribution in [0.3, 0.4) is 0 Å². The van der Waals surface area contributed by atoms with E-state index in [1.54, 1.807) is 6.07 Å². The van der Waals surface area contributed by atoms with E-state index in [1.165, 1.54) is 0 Å². The summed E-state index contributed by atoms with van der Waals surface area (Å²) in [5, 5.41) is 27.3. The zero-order valence-corrected chi connectivity index (χ0v) is 21.6. The van der Waals surface area contributed by atoms with Crippen molar-refractivity contribution >= 4 is 34.4 Å². The number of halogens is 4. The molecule has 0 spiro atoms. The minimum absolute atomic E-state index is 0.196. The molecule has 0 aliphatic carbocycles. The molecule has 0 bridgehead atoms. The summed E-state index contributed by atoms with van der Waals surface area (Å²) in [5.74, 6) is -2.76. The molecule has 40 heavy (non-hydrogen) atoms. The van der Waals surface area contributed by atoms with Gasteiger partial charge in [0.2, 0.25) is 0 Å². The molecule has 0 radical (unpaired) electrons. The standard InChI is InChI=1S/C23H25ClN4O5.C2HF3O2/c24-15-9-16-22(27-23(25-16)33-18-11-32-20-17(30)10-31-21(18)20)26-19(15)12-1-3-13(4-2-12)28-7-5-14(29)6-8-28;3-2(4,5)1(6)7/h1-4,9,14,17-18,20-21,29-30H,5-8,10-11H2,(H,25,26,27);(H,6,7)/t17-,18-,20-,21-;/m1./s1. The first kappa shape index (κ1) is 28.4. The summed E-state index contributed by atoms with van der Waals surface area (Å²) in [5.41, 5.74) is 3.84. The van der Waals surface area contributed by atoms with E-state index in [-0.39, 0.29) is 31.0 Å². The van der Waals surface area contributed by atoms with Crippen LogP contribution in [-0.4, -0.2) is 99.2 Å². The highest BCUT2D eigenvalue weighted by Crippen LogP contribution is 2.33. The van der Waals surface area contributed by atoms with Crippen molar-refractivity contribution in [3.63, 3.8) is 0 Å². The molecule has 3 aromatic rings. The molecule has 0 saturated carbocycles. The summed E-state index contributed by atoms with van der Waals surface area (Å²) in [7, 11) is 0. The summed E-state index contributed by atoms with van der Waals surface area (Å²) < 4.78 is 48.9. The van der Waals surface area contributed by atoms with Gasteiger partial charge in [-0.25, -0.2) is 9.78 Å². The van der Waals surface area contributed by atoms with E-state index in [4.69, 9.17) is 35.7 Å². The second-order valence-corrected chi connectivity index (χ2v) is 10.0. The van der Waals surface area contributed by atoms with Crippen LogP contribution in [-0.2, 0) is 14.3 Å². The molecule has 3 saturated heterocycles. The molecule has 3 aliphatic heterocycles. The van der Waals surface area contributed by atoms with Gasteiger partial charge in [0, 0.05) is 24.3 Å². The Morgan fingerprint density at radius 3 is 2.38 bits per heavy atom. The smallest absolute Gasteiger partial charge is 0.475 e. The quantitative estimate of drug-likeness (QED) is 0.359. The van der Waals surface area contributed by atoms with Crippen LogP contribution in [0.2, 0.25) is 5.02 Å². The number of rotatable bonds is 4. The molecule has 11 nitrogen and oxygen atoms in total. The molecule has 4 atom stereocenters. The van der Waals surface area contributed by atoms with Gasteiger partial charge in [0.15, 0.2) is 11.8 Å². The molecular weight excluding hydrogens is 561 g/mol. The Labute approximate surface area is 230 Å². The van der Waals surface area contributed by atoms with Gasteiger partial charge in [-0.3, -0.25) is 0 Å². The van der Waals surface area contributed by atoms with Gasteiger partial charge in [-0.2, -0.15) is 18.2 Å². The van der Waals surface area contributed by atoms with Gasteiger partial charge < -0.3 is 39.4 Å². The predicted octanol–water partition coefficient (Wildman–Crippen LogP) is 2.78. The van der Waals surface area contributed by atoms with Gasteiger partial charge in [0.05, 0.1) is 35.6 Å². The number of aliphatic hydroxyl groups excluding tert-OH is 2. The minimum Gasteiger partial charge on any atom is -0.475 e. The van der Waals surface area contributed by atoms with Crippen LogP contribution in [0.1, 0.15) is 12.8 Å². The number of fused-ring (bicyclic) bond motifs is 2. The first-order valence-corrected chi connectivity index (χ1v) is 12.8. The van der Waals surface area contributed by atoms with Crippen LogP contribution in [0.25, 0.3) is 22.4 Å². The molecular formula is C25H26ClF3N4O7. The van der Waals surface area contributed by atoms with Crippen molar-refractivity contribution < 1.29 is 47.5 Å². The van der Waals surface area contributed by atoms with Crippen LogP contribution < -0.4 is 9.64 Å². The number of aliphatic hydroxyl groups is 2. The van der Waals surface area contributed by atoms with E-state index < -0.39 is 18.2 Å². The SMILES string of the molecule is O=C(O)C(F)(F)F.OC1CCN(c2ccc(-c3nc4nc(O[C@@H]5CO[C@H]6[C@@H]5OC[C@H]6O)[nH]c4cc3Cl)cc2)CC1. The number of carboxylic acid groups (broad SMARTS) is 1. The summed E-state index contributed by atoms with van der Waals surface area (Å²) >= 11 is 6.55. The third-order valence-corrected chi connectivity index (χ3v) is 7.15. The van der Waals surface area contributed by atoms with E-state index in [0.717, 1.165) is 37.2 Å². The number of aromatic nitrogens is 3. The minimum atomic E-state index is -5.08. The number of anilines is 1. The van der Waals surface area contributed by atoms with E-state index in [9.17, 15) is 23.4 Å². The fourth-order valence-electron chi connectivity index (χ4n) is 4.80. The summed E-state index contributed by atoms with van der Waals surface area (Å²) in [6.07, 6.45) is -5.37. The van der Waals surface area contributed by atoms with E-state index >= 15 is 0 Å². The molecule has 2 aromatic heterocycles. The zero-order valence-electron chi connectivity index (χ0n) is 20.8. The molecule has 6 rings (SSSR count). The van der Waals surface area contributed by atoms with Gasteiger partial charge in [-0.05, 0) is 31.0 Å². The topological polar surface area (TPSA) is 150 Å². The van der Waals surface area contributed by atoms with Gasteiger partial charge in [0.25, 0.3) is 6.01 Å². The first-order chi connectivity index (χ1) is 19.0. The Kier molecular flexibility index (Phi) is 8.06. The Bertz CT molecular complexity index is 1350. The normalized spacial score (nSPS) is 25.0. The molecule has 15 heteroatoms. The second kappa shape index (κ2) is 11.4. The van der Waals surface area contributed by atoms with Crippen LogP contribution in [0.15, 0.2) is 30.3 Å². The van der Waals surface area contributed by atoms with Crippen molar-refractivity contribution in [1.29, 1.82) is 0 Å². The highest BCUT2D eigenvalue weighted by molar-refractivity contribution is 6.33. The van der Waals surface area contributed by atoms with Crippen LogP contribution in [0.4, 0.5) is 18.9 Å². The van der Waals surface area contributed by atoms with Crippen molar-refractivity contribution in [2.75, 3.05) is 31.2 Å². The lowest BCUT2D eigenvalue weighted by Crippen LogP contribution is -2.35. The number of alkyl halides is 3. The molecule has 3 fully saturated rings. The molecule has 1 aromatic carbocycles. The van der Waals surface area contributed by atoms with Crippen molar-refractivity contribution in [3.05, 3.63) is 35.4 Å². The lowest BCUT2D eigenvalue weighted by molar-refractivity contribution is -0.192. The summed E-state index contributed by atoms with van der Waals surface area (Å²) in [6, 6.07) is 10.2. The number of ether oxygens (including phenoxy) is 3. The lowest BCUT2D eigenvalue weighted by Gasteiger charge is -2.31. The zero-order chi connectivity index (χ0) is 28.6. The Morgan fingerprint density at radius 1 is 1.07 bits per heavy atom. The highest BCUT2D eigenvalue weighted by atomic mass is 35.5. The first-order valence-electron chi connectivity index (χ1n) is 12.5. The number of piperidine rings is 1. The molecule has 216 valence electrons. The summed E-state index contributed by atoms with van der Waals surface area (Å²) in [6.45, 7) is 2.26. The number of pyridine rings is 1. The maximum absolute atomic E-state index is 10.6. The van der Waals surface area contributed by atoms with Gasteiger partial charge >= 0.3 is 12.1 Å². The number of carbonyl (C=O) groups is 1. The lowest BCUT2D eigenvalue weighted by atomic mass is 10.1. The number of hydrogen-bond donors (Lipinski definition) is 4. The number of hydrogen-bond acceptors (Lipinski definition) is 9. The molecule has 0 unspecified atom stereocenters. The van der Waals surface area contributed by atoms with Crippen molar-refractivity contribution in [2.45, 2.75) is 49.5 Å². The Morgan fingerprint density at radius 2 is 1.73 bits per heavy atom. The van der Waals surface area contributed by atoms with Gasteiger partial charge in [0.1, 0.15) is 18.3 Å². The fraction of sp³-hybridized carbons (Fsp3) is 0.480. The number of aliphatic carboxylic acids is 1. The highest BCUT2D eigenvalue weighted by Gasteiger charge is 2.48.